The Morgan fingerprint density at radius 2 is 1.95 bits per heavy atom. The van der Waals surface area contributed by atoms with Gasteiger partial charge in [-0.1, -0.05) is 42.5 Å². The third-order valence-electron chi connectivity index (χ3n) is 3.85. The summed E-state index contributed by atoms with van der Waals surface area (Å²) in [5.41, 5.74) is 4.60. The van der Waals surface area contributed by atoms with Gasteiger partial charge in [0.05, 0.1) is 0 Å². The molecule has 0 bridgehead atoms. The van der Waals surface area contributed by atoms with Gasteiger partial charge in [0.2, 0.25) is 0 Å². The topological polar surface area (TPSA) is 29.1 Å². The highest BCUT2D eigenvalue weighted by atomic mass is 16.1. The van der Waals surface area contributed by atoms with E-state index in [1.807, 2.05) is 30.3 Å². The molecule has 2 nitrogen and oxygen atoms in total. The van der Waals surface area contributed by atoms with Gasteiger partial charge in [-0.3, -0.25) is 4.79 Å². The number of rotatable bonds is 5. The van der Waals surface area contributed by atoms with Crippen LogP contribution in [0.3, 0.4) is 0 Å². The Labute approximate surface area is 119 Å². The molecule has 0 saturated carbocycles. The maximum absolute atomic E-state index is 12.2. The van der Waals surface area contributed by atoms with Crippen molar-refractivity contribution in [2.45, 2.75) is 25.7 Å². The molecule has 0 aromatic heterocycles. The average Bonchev–Trinajstić information content (AvgIpc) is 2.95. The van der Waals surface area contributed by atoms with Gasteiger partial charge in [0, 0.05) is 24.2 Å². The highest BCUT2D eigenvalue weighted by Crippen LogP contribution is 2.24. The molecular weight excluding hydrogens is 246 g/mol. The third kappa shape index (κ3) is 2.90. The van der Waals surface area contributed by atoms with Gasteiger partial charge in [-0.2, -0.15) is 0 Å². The molecule has 2 aromatic carbocycles. The second kappa shape index (κ2) is 5.91. The summed E-state index contributed by atoms with van der Waals surface area (Å²) in [4.78, 5) is 12.2. The van der Waals surface area contributed by atoms with Gasteiger partial charge in [-0.05, 0) is 36.5 Å². The van der Waals surface area contributed by atoms with Crippen molar-refractivity contribution in [1.29, 1.82) is 0 Å². The number of anilines is 1. The van der Waals surface area contributed by atoms with Crippen LogP contribution in [-0.2, 0) is 12.8 Å². The number of carbonyl (C=O) groups excluding carboxylic acids is 1. The highest BCUT2D eigenvalue weighted by Gasteiger charge is 2.13. The molecule has 0 saturated heterocycles. The Bertz CT molecular complexity index is 604. The van der Waals surface area contributed by atoms with Gasteiger partial charge in [0.1, 0.15) is 0 Å². The Morgan fingerprint density at radius 3 is 2.80 bits per heavy atom. The number of hydrogen-bond acceptors (Lipinski definition) is 2. The molecule has 1 N–H and O–H groups in total. The standard InChI is InChI=1S/C18H19NO/c20-18(8-4-7-14-5-2-1-3-6-14)16-10-9-15-11-12-19-17(15)13-16/h1-3,5-6,9-10,13,19H,4,7-8,11-12H2. The third-order valence-corrected chi connectivity index (χ3v) is 3.85. The maximum atomic E-state index is 12.2. The molecule has 1 aliphatic heterocycles. The summed E-state index contributed by atoms with van der Waals surface area (Å²) in [6, 6.07) is 16.4. The van der Waals surface area contributed by atoms with Crippen LogP contribution in [0.15, 0.2) is 48.5 Å². The van der Waals surface area contributed by atoms with Crippen molar-refractivity contribution >= 4 is 11.5 Å². The van der Waals surface area contributed by atoms with E-state index in [0.717, 1.165) is 37.1 Å². The van der Waals surface area contributed by atoms with E-state index in [1.165, 1.54) is 11.1 Å². The first-order valence-electron chi connectivity index (χ1n) is 7.27. The fourth-order valence-electron chi connectivity index (χ4n) is 2.71. The normalized spacial score (nSPS) is 12.8. The Balaban J connectivity index is 1.57. The number of fused-ring (bicyclic) bond motifs is 1. The van der Waals surface area contributed by atoms with E-state index < -0.39 is 0 Å². The molecule has 2 heteroatoms. The van der Waals surface area contributed by atoms with Crippen LogP contribution in [-0.4, -0.2) is 12.3 Å². The van der Waals surface area contributed by atoms with Crippen LogP contribution in [0.2, 0.25) is 0 Å². The molecule has 0 atom stereocenters. The molecule has 20 heavy (non-hydrogen) atoms. The summed E-state index contributed by atoms with van der Waals surface area (Å²) in [5, 5.41) is 3.33. The summed E-state index contributed by atoms with van der Waals surface area (Å²) >= 11 is 0. The minimum Gasteiger partial charge on any atom is -0.384 e. The first-order chi connectivity index (χ1) is 9.83. The predicted octanol–water partition coefficient (Wildman–Crippen LogP) is 3.86. The fourth-order valence-corrected chi connectivity index (χ4v) is 2.71. The molecule has 0 radical (unpaired) electrons. The number of carbonyl (C=O) groups is 1. The van der Waals surface area contributed by atoms with Crippen molar-refractivity contribution in [2.24, 2.45) is 0 Å². The van der Waals surface area contributed by atoms with Gasteiger partial charge in [-0.25, -0.2) is 0 Å². The van der Waals surface area contributed by atoms with Crippen molar-refractivity contribution < 1.29 is 4.79 Å². The largest absolute Gasteiger partial charge is 0.384 e. The lowest BCUT2D eigenvalue weighted by Gasteiger charge is -2.05. The van der Waals surface area contributed by atoms with Crippen LogP contribution in [0, 0.1) is 0 Å². The van der Waals surface area contributed by atoms with Crippen molar-refractivity contribution in [1.82, 2.24) is 0 Å². The van der Waals surface area contributed by atoms with E-state index in [2.05, 4.69) is 23.5 Å². The summed E-state index contributed by atoms with van der Waals surface area (Å²) in [6.07, 6.45) is 3.56. The van der Waals surface area contributed by atoms with Gasteiger partial charge < -0.3 is 5.32 Å². The van der Waals surface area contributed by atoms with E-state index in [-0.39, 0.29) is 5.78 Å². The van der Waals surface area contributed by atoms with E-state index in [9.17, 15) is 4.79 Å². The van der Waals surface area contributed by atoms with Crippen LogP contribution in [0.4, 0.5) is 5.69 Å². The quantitative estimate of drug-likeness (QED) is 0.832. The van der Waals surface area contributed by atoms with Gasteiger partial charge in [0.25, 0.3) is 0 Å². The van der Waals surface area contributed by atoms with Crippen molar-refractivity contribution in [2.75, 3.05) is 11.9 Å². The molecule has 0 fully saturated rings. The summed E-state index contributed by atoms with van der Waals surface area (Å²) in [7, 11) is 0. The number of ketones is 1. The predicted molar refractivity (Wildman–Crippen MR) is 82.3 cm³/mol. The molecule has 1 aliphatic rings. The van der Waals surface area contributed by atoms with Crippen LogP contribution in [0.5, 0.6) is 0 Å². The number of hydrogen-bond donors (Lipinski definition) is 1. The molecule has 1 heterocycles. The number of aryl methyl sites for hydroxylation is 1. The van der Waals surface area contributed by atoms with Crippen molar-refractivity contribution in [3.8, 4) is 0 Å². The molecular formula is C18H19NO. The Hall–Kier alpha value is -2.09. The molecule has 0 spiro atoms. The van der Waals surface area contributed by atoms with Crippen LogP contribution >= 0.6 is 0 Å². The van der Waals surface area contributed by atoms with E-state index in [0.29, 0.717) is 6.42 Å². The van der Waals surface area contributed by atoms with E-state index in [1.54, 1.807) is 0 Å². The molecule has 0 unspecified atom stereocenters. The molecule has 2 aromatic rings. The highest BCUT2D eigenvalue weighted by molar-refractivity contribution is 5.97. The lowest BCUT2D eigenvalue weighted by atomic mass is 10.0. The molecule has 0 amide bonds. The molecule has 3 rings (SSSR count). The summed E-state index contributed by atoms with van der Waals surface area (Å²) in [6.45, 7) is 0.987. The minimum absolute atomic E-state index is 0.248. The number of nitrogens with one attached hydrogen (secondary N) is 1. The second-order valence-electron chi connectivity index (χ2n) is 5.31. The second-order valence-corrected chi connectivity index (χ2v) is 5.31. The van der Waals surface area contributed by atoms with E-state index >= 15 is 0 Å². The van der Waals surface area contributed by atoms with E-state index in [4.69, 9.17) is 0 Å². The van der Waals surface area contributed by atoms with Crippen LogP contribution in [0.1, 0.15) is 34.3 Å². The van der Waals surface area contributed by atoms with Gasteiger partial charge >= 0.3 is 0 Å². The van der Waals surface area contributed by atoms with Gasteiger partial charge in [0.15, 0.2) is 5.78 Å². The van der Waals surface area contributed by atoms with Gasteiger partial charge in [-0.15, -0.1) is 0 Å². The van der Waals surface area contributed by atoms with Crippen LogP contribution < -0.4 is 5.32 Å². The summed E-state index contributed by atoms with van der Waals surface area (Å²) in [5.74, 6) is 0.248. The Morgan fingerprint density at radius 1 is 1.10 bits per heavy atom. The Kier molecular flexibility index (Phi) is 3.82. The smallest absolute Gasteiger partial charge is 0.162 e. The molecule has 102 valence electrons. The summed E-state index contributed by atoms with van der Waals surface area (Å²) < 4.78 is 0. The lowest BCUT2D eigenvalue weighted by molar-refractivity contribution is 0.0980. The first-order valence-corrected chi connectivity index (χ1v) is 7.27. The number of Topliss-reactive ketones (excluding diaryl/α,β-unsaturated/α-hetero) is 1. The zero-order valence-electron chi connectivity index (χ0n) is 11.6. The van der Waals surface area contributed by atoms with Crippen LogP contribution in [0.25, 0.3) is 0 Å². The van der Waals surface area contributed by atoms with Crippen molar-refractivity contribution in [3.63, 3.8) is 0 Å². The number of benzene rings is 2. The van der Waals surface area contributed by atoms with Crippen molar-refractivity contribution in [3.05, 3.63) is 65.2 Å². The monoisotopic (exact) mass is 265 g/mol. The minimum atomic E-state index is 0.248. The average molecular weight is 265 g/mol. The maximum Gasteiger partial charge on any atom is 0.162 e. The first kappa shape index (κ1) is 12.9. The zero-order valence-corrected chi connectivity index (χ0v) is 11.6. The zero-order chi connectivity index (χ0) is 13.8. The fraction of sp³-hybridized carbons (Fsp3) is 0.278. The SMILES string of the molecule is O=C(CCCc1ccccc1)c1ccc2c(c1)NCC2. The lowest BCUT2D eigenvalue weighted by Crippen LogP contribution is -2.01. The molecule has 0 aliphatic carbocycles.